The van der Waals surface area contributed by atoms with E-state index in [9.17, 15) is 14.4 Å². The monoisotopic (exact) mass is 490 g/mol. The lowest BCUT2D eigenvalue weighted by Gasteiger charge is -2.13. The maximum Gasteiger partial charge on any atom is 0.266 e. The van der Waals surface area contributed by atoms with Gasteiger partial charge in [-0.2, -0.15) is 5.26 Å². The van der Waals surface area contributed by atoms with Crippen LogP contribution in [0.25, 0.3) is 6.08 Å². The van der Waals surface area contributed by atoms with E-state index in [2.05, 4.69) is 33.8 Å². The van der Waals surface area contributed by atoms with Crippen LogP contribution in [-0.2, 0) is 4.79 Å². The van der Waals surface area contributed by atoms with Gasteiger partial charge in [0.25, 0.3) is 5.91 Å². The van der Waals surface area contributed by atoms with Crippen LogP contribution >= 0.6 is 22.6 Å². The van der Waals surface area contributed by atoms with Crippen molar-refractivity contribution in [2.45, 2.75) is 6.92 Å². The Morgan fingerprint density at radius 1 is 1.32 bits per heavy atom. The molecule has 2 aromatic rings. The molecular formula is C21H16FIN2O3. The van der Waals surface area contributed by atoms with Crippen molar-refractivity contribution in [1.82, 2.24) is 0 Å². The smallest absolute Gasteiger partial charge is 0.266 e. The first-order chi connectivity index (χ1) is 13.5. The summed E-state index contributed by atoms with van der Waals surface area (Å²) in [6.07, 6.45) is 6.68. The summed E-state index contributed by atoms with van der Waals surface area (Å²) in [6, 6.07) is 10.6. The van der Waals surface area contributed by atoms with Gasteiger partial charge in [0.15, 0.2) is 11.5 Å². The molecule has 0 fully saturated rings. The maximum atomic E-state index is 13.0. The summed E-state index contributed by atoms with van der Waals surface area (Å²) in [5, 5.41) is 11.9. The first-order valence-corrected chi connectivity index (χ1v) is 9.27. The van der Waals surface area contributed by atoms with Crippen molar-refractivity contribution >= 4 is 40.3 Å². The highest BCUT2D eigenvalue weighted by Crippen LogP contribution is 2.35. The number of rotatable bonds is 7. The number of nitrogens with zero attached hydrogens (tertiary/aromatic N) is 1. The van der Waals surface area contributed by atoms with Gasteiger partial charge < -0.3 is 14.8 Å². The van der Waals surface area contributed by atoms with Crippen LogP contribution < -0.4 is 14.8 Å². The van der Waals surface area contributed by atoms with E-state index < -0.39 is 11.7 Å². The number of amides is 1. The SMILES string of the molecule is C#CCOc1c(I)cc(/C=C(\C#N)C(=O)Nc2ccc(F)cc2)cc1OCC. The molecule has 7 heteroatoms. The van der Waals surface area contributed by atoms with Crippen molar-refractivity contribution in [3.63, 3.8) is 0 Å². The van der Waals surface area contributed by atoms with E-state index in [1.165, 1.54) is 30.3 Å². The Morgan fingerprint density at radius 3 is 2.64 bits per heavy atom. The van der Waals surface area contributed by atoms with Gasteiger partial charge in [-0.3, -0.25) is 4.79 Å². The lowest BCUT2D eigenvalue weighted by Crippen LogP contribution is -2.13. The number of nitriles is 1. The van der Waals surface area contributed by atoms with E-state index in [0.717, 1.165) is 3.57 Å². The van der Waals surface area contributed by atoms with Gasteiger partial charge in [-0.15, -0.1) is 6.42 Å². The van der Waals surface area contributed by atoms with Gasteiger partial charge >= 0.3 is 0 Å². The minimum Gasteiger partial charge on any atom is -0.490 e. The molecule has 0 atom stereocenters. The second kappa shape index (κ2) is 10.3. The first-order valence-electron chi connectivity index (χ1n) is 8.19. The molecule has 0 aliphatic heterocycles. The lowest BCUT2D eigenvalue weighted by atomic mass is 10.1. The zero-order valence-corrected chi connectivity index (χ0v) is 17.1. The van der Waals surface area contributed by atoms with E-state index in [0.29, 0.717) is 29.4 Å². The third-order valence-corrected chi connectivity index (χ3v) is 4.21. The normalized spacial score (nSPS) is 10.5. The number of ether oxygens (including phenoxy) is 2. The first kappa shape index (κ1) is 21.3. The van der Waals surface area contributed by atoms with Crippen LogP contribution in [0.5, 0.6) is 11.5 Å². The third kappa shape index (κ3) is 5.73. The Bertz CT molecular complexity index is 973. The summed E-state index contributed by atoms with van der Waals surface area (Å²) in [5.41, 5.74) is 0.863. The summed E-state index contributed by atoms with van der Waals surface area (Å²) in [5.74, 6) is 2.35. The van der Waals surface area contributed by atoms with Gasteiger partial charge in [0.05, 0.1) is 10.2 Å². The van der Waals surface area contributed by atoms with Crippen molar-refractivity contribution in [1.29, 1.82) is 5.26 Å². The van der Waals surface area contributed by atoms with Crippen molar-refractivity contribution in [3.8, 4) is 29.9 Å². The molecular weight excluding hydrogens is 474 g/mol. The molecule has 5 nitrogen and oxygen atoms in total. The number of hydrogen-bond donors (Lipinski definition) is 1. The molecule has 1 N–H and O–H groups in total. The van der Waals surface area contributed by atoms with Crippen LogP contribution in [0, 0.1) is 33.1 Å². The predicted molar refractivity (Wildman–Crippen MR) is 113 cm³/mol. The number of terminal acetylenes is 1. The average Bonchev–Trinajstić information content (AvgIpc) is 2.67. The van der Waals surface area contributed by atoms with Gasteiger partial charge in [0, 0.05) is 5.69 Å². The fourth-order valence-electron chi connectivity index (χ4n) is 2.24. The lowest BCUT2D eigenvalue weighted by molar-refractivity contribution is -0.112. The molecule has 0 saturated carbocycles. The summed E-state index contributed by atoms with van der Waals surface area (Å²) < 4.78 is 24.8. The van der Waals surface area contributed by atoms with E-state index in [1.54, 1.807) is 12.1 Å². The van der Waals surface area contributed by atoms with E-state index >= 15 is 0 Å². The van der Waals surface area contributed by atoms with Crippen molar-refractivity contribution in [3.05, 3.63) is 56.9 Å². The Hall–Kier alpha value is -3.04. The molecule has 0 aromatic heterocycles. The van der Waals surface area contributed by atoms with Gasteiger partial charge in [-0.25, -0.2) is 4.39 Å². The molecule has 0 radical (unpaired) electrons. The number of carbonyl (C=O) groups is 1. The molecule has 2 aromatic carbocycles. The largest absolute Gasteiger partial charge is 0.490 e. The number of hydrogen-bond acceptors (Lipinski definition) is 4. The number of anilines is 1. The topological polar surface area (TPSA) is 71.3 Å². The van der Waals surface area contributed by atoms with E-state index in [-0.39, 0.29) is 12.2 Å². The number of benzene rings is 2. The zero-order valence-electron chi connectivity index (χ0n) is 15.0. The Morgan fingerprint density at radius 2 is 2.04 bits per heavy atom. The summed E-state index contributed by atoms with van der Waals surface area (Å²) in [4.78, 5) is 12.4. The van der Waals surface area contributed by atoms with Crippen molar-refractivity contribution in [2.75, 3.05) is 18.5 Å². The molecule has 142 valence electrons. The summed E-state index contributed by atoms with van der Waals surface area (Å²) >= 11 is 2.07. The second-order valence-corrected chi connectivity index (χ2v) is 6.55. The molecule has 0 unspecified atom stereocenters. The van der Waals surface area contributed by atoms with Crippen LogP contribution in [0.3, 0.4) is 0 Å². The number of carbonyl (C=O) groups excluding carboxylic acids is 1. The van der Waals surface area contributed by atoms with E-state index in [1.807, 2.05) is 13.0 Å². The van der Waals surface area contributed by atoms with Crippen LogP contribution in [0.1, 0.15) is 12.5 Å². The fraction of sp³-hybridized carbons (Fsp3) is 0.143. The standard InChI is InChI=1S/C21H16FIN2O3/c1-3-9-28-20-18(23)11-14(12-19(20)27-4-2)10-15(13-24)21(26)25-17-7-5-16(22)6-8-17/h1,5-8,10-12H,4,9H2,2H3,(H,25,26)/b15-10+. The minimum absolute atomic E-state index is 0.0920. The molecule has 28 heavy (non-hydrogen) atoms. The second-order valence-electron chi connectivity index (χ2n) is 5.39. The van der Waals surface area contributed by atoms with Crippen molar-refractivity contribution < 1.29 is 18.7 Å². The number of halogens is 2. The molecule has 1 amide bonds. The van der Waals surface area contributed by atoms with Gasteiger partial charge in [0.1, 0.15) is 24.1 Å². The highest BCUT2D eigenvalue weighted by atomic mass is 127. The summed E-state index contributed by atoms with van der Waals surface area (Å²) in [7, 11) is 0. The average molecular weight is 490 g/mol. The highest BCUT2D eigenvalue weighted by molar-refractivity contribution is 14.1. The molecule has 0 heterocycles. The van der Waals surface area contributed by atoms with Crippen LogP contribution in [0.4, 0.5) is 10.1 Å². The van der Waals surface area contributed by atoms with Crippen LogP contribution in [-0.4, -0.2) is 19.1 Å². The van der Waals surface area contributed by atoms with E-state index in [4.69, 9.17) is 15.9 Å². The molecule has 0 saturated heterocycles. The van der Waals surface area contributed by atoms with Gasteiger partial charge in [0.2, 0.25) is 0 Å². The summed E-state index contributed by atoms with van der Waals surface area (Å²) in [6.45, 7) is 2.33. The number of nitrogens with one attached hydrogen (secondary N) is 1. The van der Waals surface area contributed by atoms with Crippen LogP contribution in [0.15, 0.2) is 42.0 Å². The minimum atomic E-state index is -0.602. The molecule has 0 aliphatic rings. The van der Waals surface area contributed by atoms with Crippen LogP contribution in [0.2, 0.25) is 0 Å². The Kier molecular flexibility index (Phi) is 7.85. The maximum absolute atomic E-state index is 13.0. The van der Waals surface area contributed by atoms with Gasteiger partial charge in [-0.05, 0) is 77.6 Å². The fourth-order valence-corrected chi connectivity index (χ4v) is 3.02. The predicted octanol–water partition coefficient (Wildman–Crippen LogP) is 4.39. The molecule has 2 rings (SSSR count). The molecule has 0 bridgehead atoms. The Labute approximate surface area is 176 Å². The zero-order chi connectivity index (χ0) is 20.5. The molecule has 0 spiro atoms. The van der Waals surface area contributed by atoms with Crippen molar-refractivity contribution in [2.24, 2.45) is 0 Å². The third-order valence-electron chi connectivity index (χ3n) is 3.41. The molecule has 0 aliphatic carbocycles. The quantitative estimate of drug-likeness (QED) is 0.271. The highest BCUT2D eigenvalue weighted by Gasteiger charge is 2.14. The Balaban J connectivity index is 2.32. The van der Waals surface area contributed by atoms with Gasteiger partial charge in [-0.1, -0.05) is 5.92 Å².